The molecule has 2 fully saturated rings. The SMILES string of the molecule is C=CCOc1ccc(C(=O)N2C3CCNCC2CC3)cc1.Cl. The zero-order chi connectivity index (χ0) is 14.7. The fourth-order valence-electron chi connectivity index (χ4n) is 3.31. The first kappa shape index (κ1) is 16.8. The molecule has 2 saturated heterocycles. The lowest BCUT2D eigenvalue weighted by atomic mass is 10.1. The van der Waals surface area contributed by atoms with Gasteiger partial charge in [-0.15, -0.1) is 12.4 Å². The van der Waals surface area contributed by atoms with Gasteiger partial charge in [0.1, 0.15) is 12.4 Å². The number of hydrogen-bond donors (Lipinski definition) is 1. The van der Waals surface area contributed by atoms with Gasteiger partial charge < -0.3 is 15.0 Å². The molecule has 0 saturated carbocycles. The largest absolute Gasteiger partial charge is 0.490 e. The summed E-state index contributed by atoms with van der Waals surface area (Å²) < 4.78 is 5.46. The van der Waals surface area contributed by atoms with Gasteiger partial charge in [0, 0.05) is 24.2 Å². The van der Waals surface area contributed by atoms with E-state index in [1.54, 1.807) is 6.08 Å². The second-order valence-electron chi connectivity index (χ2n) is 5.71. The molecule has 1 aromatic rings. The summed E-state index contributed by atoms with van der Waals surface area (Å²) in [5.74, 6) is 0.924. The number of hydrogen-bond acceptors (Lipinski definition) is 3. The number of amides is 1. The predicted octanol–water partition coefficient (Wildman–Crippen LogP) is 2.64. The minimum absolute atomic E-state index is 0. The van der Waals surface area contributed by atoms with Crippen LogP contribution in [0.2, 0.25) is 0 Å². The zero-order valence-electron chi connectivity index (χ0n) is 12.7. The van der Waals surface area contributed by atoms with Crippen molar-refractivity contribution in [1.29, 1.82) is 0 Å². The van der Waals surface area contributed by atoms with Crippen molar-refractivity contribution in [2.24, 2.45) is 0 Å². The van der Waals surface area contributed by atoms with Gasteiger partial charge in [-0.1, -0.05) is 12.7 Å². The van der Waals surface area contributed by atoms with Crippen molar-refractivity contribution in [3.8, 4) is 5.75 Å². The molecule has 2 aliphatic heterocycles. The van der Waals surface area contributed by atoms with E-state index in [2.05, 4.69) is 16.8 Å². The van der Waals surface area contributed by atoms with Gasteiger partial charge in [0.15, 0.2) is 0 Å². The maximum absolute atomic E-state index is 12.8. The molecule has 2 heterocycles. The van der Waals surface area contributed by atoms with Crippen molar-refractivity contribution >= 4 is 18.3 Å². The minimum atomic E-state index is 0. The summed E-state index contributed by atoms with van der Waals surface area (Å²) in [7, 11) is 0. The van der Waals surface area contributed by atoms with Gasteiger partial charge in [0.05, 0.1) is 0 Å². The third-order valence-electron chi connectivity index (χ3n) is 4.36. The second kappa shape index (κ2) is 7.65. The molecule has 1 N–H and O–H groups in total. The second-order valence-corrected chi connectivity index (χ2v) is 5.71. The fraction of sp³-hybridized carbons (Fsp3) is 0.471. The summed E-state index contributed by atoms with van der Waals surface area (Å²) in [5, 5.41) is 3.42. The van der Waals surface area contributed by atoms with Gasteiger partial charge in [-0.2, -0.15) is 0 Å². The molecule has 2 aliphatic rings. The highest BCUT2D eigenvalue weighted by molar-refractivity contribution is 5.95. The lowest BCUT2D eigenvalue weighted by Gasteiger charge is -2.28. The Morgan fingerprint density at radius 3 is 2.73 bits per heavy atom. The molecular weight excluding hydrogens is 300 g/mol. The molecule has 0 radical (unpaired) electrons. The Kier molecular flexibility index (Phi) is 5.86. The lowest BCUT2D eigenvalue weighted by Crippen LogP contribution is -2.42. The third kappa shape index (κ3) is 3.45. The summed E-state index contributed by atoms with van der Waals surface area (Å²) in [6.45, 7) is 6.04. The number of carbonyl (C=O) groups excluding carboxylic acids is 1. The molecule has 1 amide bonds. The first-order valence-electron chi connectivity index (χ1n) is 7.66. The number of rotatable bonds is 4. The Bertz CT molecular complexity index is 504. The topological polar surface area (TPSA) is 41.6 Å². The Morgan fingerprint density at radius 1 is 1.27 bits per heavy atom. The van der Waals surface area contributed by atoms with Gasteiger partial charge in [-0.25, -0.2) is 0 Å². The highest BCUT2D eigenvalue weighted by Gasteiger charge is 2.38. The van der Waals surface area contributed by atoms with Crippen LogP contribution in [0.4, 0.5) is 0 Å². The number of carbonyl (C=O) groups is 1. The highest BCUT2D eigenvalue weighted by Crippen LogP contribution is 2.29. The fourth-order valence-corrected chi connectivity index (χ4v) is 3.31. The molecule has 0 spiro atoms. The van der Waals surface area contributed by atoms with Crippen LogP contribution < -0.4 is 10.1 Å². The smallest absolute Gasteiger partial charge is 0.254 e. The molecular formula is C17H23ClN2O2. The van der Waals surface area contributed by atoms with Gasteiger partial charge in [-0.3, -0.25) is 4.79 Å². The van der Waals surface area contributed by atoms with Crippen LogP contribution in [0.1, 0.15) is 29.6 Å². The monoisotopic (exact) mass is 322 g/mol. The van der Waals surface area contributed by atoms with E-state index >= 15 is 0 Å². The summed E-state index contributed by atoms with van der Waals surface area (Å²) in [6.07, 6.45) is 5.02. The molecule has 120 valence electrons. The Labute approximate surface area is 137 Å². The molecule has 2 bridgehead atoms. The van der Waals surface area contributed by atoms with Crippen LogP contribution in [-0.4, -0.2) is 42.6 Å². The van der Waals surface area contributed by atoms with E-state index in [-0.39, 0.29) is 18.3 Å². The number of halogens is 1. The highest BCUT2D eigenvalue weighted by atomic mass is 35.5. The van der Waals surface area contributed by atoms with Crippen molar-refractivity contribution in [1.82, 2.24) is 10.2 Å². The maximum atomic E-state index is 12.8. The van der Waals surface area contributed by atoms with Crippen molar-refractivity contribution < 1.29 is 9.53 Å². The van der Waals surface area contributed by atoms with Gasteiger partial charge in [0.25, 0.3) is 5.91 Å². The molecule has 2 atom stereocenters. The van der Waals surface area contributed by atoms with Gasteiger partial charge in [0.2, 0.25) is 0 Å². The van der Waals surface area contributed by atoms with E-state index < -0.39 is 0 Å². The lowest BCUT2D eigenvalue weighted by molar-refractivity contribution is 0.0680. The van der Waals surface area contributed by atoms with Crippen LogP contribution in [0.5, 0.6) is 5.75 Å². The average molecular weight is 323 g/mol. The Morgan fingerprint density at radius 2 is 2.00 bits per heavy atom. The third-order valence-corrected chi connectivity index (χ3v) is 4.36. The summed E-state index contributed by atoms with van der Waals surface area (Å²) in [4.78, 5) is 14.9. The van der Waals surface area contributed by atoms with E-state index in [1.165, 1.54) is 0 Å². The standard InChI is InChI=1S/C17H22N2O2.ClH/c1-2-11-21-16-7-3-13(4-8-16)17(20)19-14-5-6-15(19)12-18-10-9-14;/h2-4,7-8,14-15,18H,1,5-6,9-12H2;1H. The van der Waals surface area contributed by atoms with Crippen molar-refractivity contribution in [2.45, 2.75) is 31.3 Å². The van der Waals surface area contributed by atoms with Crippen molar-refractivity contribution in [2.75, 3.05) is 19.7 Å². The van der Waals surface area contributed by atoms with Crippen LogP contribution >= 0.6 is 12.4 Å². The first-order chi connectivity index (χ1) is 10.3. The van der Waals surface area contributed by atoms with E-state index in [4.69, 9.17) is 4.74 Å². The minimum Gasteiger partial charge on any atom is -0.490 e. The molecule has 3 rings (SSSR count). The number of nitrogens with one attached hydrogen (secondary N) is 1. The molecule has 5 heteroatoms. The predicted molar refractivity (Wildman–Crippen MR) is 89.8 cm³/mol. The molecule has 0 aromatic heterocycles. The number of fused-ring (bicyclic) bond motifs is 2. The van der Waals surface area contributed by atoms with Crippen LogP contribution in [-0.2, 0) is 0 Å². The van der Waals surface area contributed by atoms with E-state index in [0.717, 1.165) is 43.7 Å². The van der Waals surface area contributed by atoms with Gasteiger partial charge >= 0.3 is 0 Å². The summed E-state index contributed by atoms with van der Waals surface area (Å²) in [6, 6.07) is 8.18. The average Bonchev–Trinajstić information content (AvgIpc) is 2.78. The normalized spacial score (nSPS) is 23.4. The molecule has 0 aliphatic carbocycles. The molecule has 2 unspecified atom stereocenters. The molecule has 1 aromatic carbocycles. The van der Waals surface area contributed by atoms with Gasteiger partial charge in [-0.05, 0) is 50.1 Å². The quantitative estimate of drug-likeness (QED) is 0.866. The van der Waals surface area contributed by atoms with Crippen LogP contribution in [0.15, 0.2) is 36.9 Å². The number of benzene rings is 1. The van der Waals surface area contributed by atoms with Crippen LogP contribution in [0.3, 0.4) is 0 Å². The molecule has 22 heavy (non-hydrogen) atoms. The van der Waals surface area contributed by atoms with Crippen LogP contribution in [0, 0.1) is 0 Å². The van der Waals surface area contributed by atoms with E-state index in [1.807, 2.05) is 24.3 Å². The van der Waals surface area contributed by atoms with Crippen LogP contribution in [0.25, 0.3) is 0 Å². The zero-order valence-corrected chi connectivity index (χ0v) is 13.5. The molecule has 4 nitrogen and oxygen atoms in total. The Balaban J connectivity index is 0.00000176. The summed E-state index contributed by atoms with van der Waals surface area (Å²) >= 11 is 0. The number of nitrogens with zero attached hydrogens (tertiary/aromatic N) is 1. The van der Waals surface area contributed by atoms with Crippen molar-refractivity contribution in [3.05, 3.63) is 42.5 Å². The van der Waals surface area contributed by atoms with E-state index in [9.17, 15) is 4.79 Å². The first-order valence-corrected chi connectivity index (χ1v) is 7.66. The summed E-state index contributed by atoms with van der Waals surface area (Å²) in [5.41, 5.74) is 0.750. The Hall–Kier alpha value is -1.52. The van der Waals surface area contributed by atoms with Crippen molar-refractivity contribution in [3.63, 3.8) is 0 Å². The maximum Gasteiger partial charge on any atom is 0.254 e. The van der Waals surface area contributed by atoms with E-state index in [0.29, 0.717) is 18.7 Å². The number of ether oxygens (including phenoxy) is 1.